The molecule has 0 heterocycles. The van der Waals surface area contributed by atoms with Crippen LogP contribution < -0.4 is 10.5 Å². The first kappa shape index (κ1) is 14.4. The summed E-state index contributed by atoms with van der Waals surface area (Å²) in [5.74, 6) is 1.74. The Bertz CT molecular complexity index is 624. The number of ether oxygens (including phenoxy) is 1. The van der Waals surface area contributed by atoms with E-state index in [1.807, 2.05) is 25.1 Å². The van der Waals surface area contributed by atoms with E-state index in [0.717, 1.165) is 22.7 Å². The van der Waals surface area contributed by atoms with Crippen LogP contribution in [-0.4, -0.2) is 0 Å². The number of aryl methyl sites for hydroxylation is 2. The lowest BCUT2D eigenvalue weighted by Crippen LogP contribution is -2.12. The minimum Gasteiger partial charge on any atom is -0.457 e. The van der Waals surface area contributed by atoms with Crippen LogP contribution in [0.3, 0.4) is 0 Å². The lowest BCUT2D eigenvalue weighted by molar-refractivity contribution is 0.454. The summed E-state index contributed by atoms with van der Waals surface area (Å²) >= 11 is 0. The number of anilines is 1. The van der Waals surface area contributed by atoms with Crippen molar-refractivity contribution < 1.29 is 4.74 Å². The number of benzene rings is 2. The number of nitrogen functional groups attached to an aromatic ring is 1. The van der Waals surface area contributed by atoms with Gasteiger partial charge in [-0.25, -0.2) is 0 Å². The van der Waals surface area contributed by atoms with Gasteiger partial charge in [-0.05, 0) is 54.7 Å². The molecule has 0 saturated carbocycles. The largest absolute Gasteiger partial charge is 0.457 e. The molecular weight excluding hydrogens is 246 g/mol. The van der Waals surface area contributed by atoms with E-state index >= 15 is 0 Å². The Morgan fingerprint density at radius 2 is 1.65 bits per heavy atom. The third kappa shape index (κ3) is 3.13. The Morgan fingerprint density at radius 3 is 2.25 bits per heavy atom. The maximum atomic E-state index is 6.10. The van der Waals surface area contributed by atoms with Gasteiger partial charge in [-0.3, -0.25) is 0 Å². The van der Waals surface area contributed by atoms with E-state index in [1.165, 1.54) is 11.1 Å². The Balaban J connectivity index is 2.42. The molecule has 0 amide bonds. The van der Waals surface area contributed by atoms with Crippen molar-refractivity contribution in [1.29, 1.82) is 0 Å². The summed E-state index contributed by atoms with van der Waals surface area (Å²) in [7, 11) is 0. The van der Waals surface area contributed by atoms with Gasteiger partial charge in [0, 0.05) is 11.3 Å². The second-order valence-corrected chi connectivity index (χ2v) is 6.37. The molecule has 2 heteroatoms. The molecule has 0 atom stereocenters. The Labute approximate surface area is 121 Å². The monoisotopic (exact) mass is 269 g/mol. The van der Waals surface area contributed by atoms with Crippen molar-refractivity contribution in [1.82, 2.24) is 0 Å². The van der Waals surface area contributed by atoms with Crippen molar-refractivity contribution in [3.8, 4) is 11.5 Å². The van der Waals surface area contributed by atoms with E-state index in [-0.39, 0.29) is 5.41 Å². The second kappa shape index (κ2) is 5.20. The lowest BCUT2D eigenvalue weighted by Gasteiger charge is -2.23. The fourth-order valence-electron chi connectivity index (χ4n) is 2.17. The van der Waals surface area contributed by atoms with Gasteiger partial charge in [0.1, 0.15) is 11.5 Å². The summed E-state index contributed by atoms with van der Waals surface area (Å²) in [4.78, 5) is 0. The Kier molecular flexibility index (Phi) is 3.76. The van der Waals surface area contributed by atoms with Gasteiger partial charge in [-0.1, -0.05) is 32.9 Å². The highest BCUT2D eigenvalue weighted by Gasteiger charge is 2.19. The average Bonchev–Trinajstić information content (AvgIpc) is 2.32. The molecule has 2 rings (SSSR count). The fraction of sp³-hybridized carbons (Fsp3) is 0.333. The highest BCUT2D eigenvalue weighted by Crippen LogP contribution is 2.35. The zero-order valence-electron chi connectivity index (χ0n) is 12.9. The van der Waals surface area contributed by atoms with E-state index in [0.29, 0.717) is 0 Å². The summed E-state index contributed by atoms with van der Waals surface area (Å²) in [6.45, 7) is 10.6. The molecule has 2 aromatic carbocycles. The summed E-state index contributed by atoms with van der Waals surface area (Å²) < 4.78 is 6.10. The first-order valence-corrected chi connectivity index (χ1v) is 6.92. The molecule has 0 aliphatic carbocycles. The van der Waals surface area contributed by atoms with Crippen molar-refractivity contribution >= 4 is 5.69 Å². The topological polar surface area (TPSA) is 35.2 Å². The van der Waals surface area contributed by atoms with Crippen LogP contribution in [0.25, 0.3) is 0 Å². The van der Waals surface area contributed by atoms with E-state index in [1.54, 1.807) is 0 Å². The van der Waals surface area contributed by atoms with Crippen LogP contribution in [0, 0.1) is 13.8 Å². The van der Waals surface area contributed by atoms with E-state index in [2.05, 4.69) is 45.9 Å². The highest BCUT2D eigenvalue weighted by molar-refractivity contribution is 5.51. The predicted octanol–water partition coefficient (Wildman–Crippen LogP) is 4.98. The van der Waals surface area contributed by atoms with Crippen LogP contribution in [-0.2, 0) is 5.41 Å². The molecule has 0 aromatic heterocycles. The van der Waals surface area contributed by atoms with Gasteiger partial charge >= 0.3 is 0 Å². The third-order valence-corrected chi connectivity index (χ3v) is 3.41. The van der Waals surface area contributed by atoms with Crippen molar-refractivity contribution in [3.05, 3.63) is 53.1 Å². The lowest BCUT2D eigenvalue weighted by atomic mass is 9.86. The molecule has 0 spiro atoms. The molecule has 2 aromatic rings. The first-order chi connectivity index (χ1) is 9.27. The molecule has 2 N–H and O–H groups in total. The number of hydrogen-bond acceptors (Lipinski definition) is 2. The fourth-order valence-corrected chi connectivity index (χ4v) is 2.17. The van der Waals surface area contributed by atoms with Crippen LogP contribution in [0.1, 0.15) is 37.5 Å². The molecular formula is C18H23NO. The quantitative estimate of drug-likeness (QED) is 0.781. The molecule has 106 valence electrons. The number of rotatable bonds is 2. The molecule has 0 radical (unpaired) electrons. The summed E-state index contributed by atoms with van der Waals surface area (Å²) in [6.07, 6.45) is 0. The zero-order chi connectivity index (χ0) is 14.9. The van der Waals surface area contributed by atoms with Crippen LogP contribution in [0.5, 0.6) is 11.5 Å². The number of hydrogen-bond donors (Lipinski definition) is 1. The molecule has 0 saturated heterocycles. The van der Waals surface area contributed by atoms with Crippen molar-refractivity contribution in [3.63, 3.8) is 0 Å². The molecule has 2 nitrogen and oxygen atoms in total. The predicted molar refractivity (Wildman–Crippen MR) is 85.5 cm³/mol. The van der Waals surface area contributed by atoms with E-state index in [4.69, 9.17) is 10.5 Å². The summed E-state index contributed by atoms with van der Waals surface area (Å²) in [5.41, 5.74) is 10.1. The maximum Gasteiger partial charge on any atom is 0.131 e. The van der Waals surface area contributed by atoms with Gasteiger partial charge < -0.3 is 10.5 Å². The van der Waals surface area contributed by atoms with Gasteiger partial charge in [0.2, 0.25) is 0 Å². The van der Waals surface area contributed by atoms with Gasteiger partial charge in [0.15, 0.2) is 0 Å². The van der Waals surface area contributed by atoms with Gasteiger partial charge in [0.05, 0.1) is 0 Å². The normalized spacial score (nSPS) is 11.4. The first-order valence-electron chi connectivity index (χ1n) is 6.92. The minimum absolute atomic E-state index is 0.0475. The molecule has 0 aliphatic rings. The van der Waals surface area contributed by atoms with Crippen LogP contribution in [0.15, 0.2) is 36.4 Å². The zero-order valence-corrected chi connectivity index (χ0v) is 12.9. The van der Waals surface area contributed by atoms with Crippen molar-refractivity contribution in [2.45, 2.75) is 40.0 Å². The minimum atomic E-state index is 0.0475. The van der Waals surface area contributed by atoms with Crippen molar-refractivity contribution in [2.75, 3.05) is 5.73 Å². The van der Waals surface area contributed by atoms with Crippen LogP contribution >= 0.6 is 0 Å². The molecule has 0 aliphatic heterocycles. The maximum absolute atomic E-state index is 6.10. The average molecular weight is 269 g/mol. The van der Waals surface area contributed by atoms with Gasteiger partial charge in [-0.2, -0.15) is 0 Å². The molecule has 0 bridgehead atoms. The second-order valence-electron chi connectivity index (χ2n) is 6.37. The van der Waals surface area contributed by atoms with Crippen LogP contribution in [0.2, 0.25) is 0 Å². The molecule has 0 fully saturated rings. The SMILES string of the molecule is Cc1ccc(C(C)(C)C)c(Oc2ccc(N)c(C)c2)c1. The van der Waals surface area contributed by atoms with E-state index in [9.17, 15) is 0 Å². The Morgan fingerprint density at radius 1 is 0.950 bits per heavy atom. The highest BCUT2D eigenvalue weighted by atomic mass is 16.5. The third-order valence-electron chi connectivity index (χ3n) is 3.41. The van der Waals surface area contributed by atoms with Crippen LogP contribution in [0.4, 0.5) is 5.69 Å². The summed E-state index contributed by atoms with van der Waals surface area (Å²) in [6, 6.07) is 12.1. The number of nitrogens with two attached hydrogens (primary N) is 1. The molecule has 20 heavy (non-hydrogen) atoms. The van der Waals surface area contributed by atoms with Gasteiger partial charge in [-0.15, -0.1) is 0 Å². The summed E-state index contributed by atoms with van der Waals surface area (Å²) in [5, 5.41) is 0. The molecule has 0 unspecified atom stereocenters. The Hall–Kier alpha value is -1.96. The van der Waals surface area contributed by atoms with E-state index < -0.39 is 0 Å². The van der Waals surface area contributed by atoms with Crippen molar-refractivity contribution in [2.24, 2.45) is 0 Å². The smallest absolute Gasteiger partial charge is 0.131 e. The standard InChI is InChI=1S/C18H23NO/c1-12-6-8-15(18(3,4)5)17(10-12)20-14-7-9-16(19)13(2)11-14/h6-11H,19H2,1-5H3. The van der Waals surface area contributed by atoms with Gasteiger partial charge in [0.25, 0.3) is 0 Å².